The fourth-order valence-corrected chi connectivity index (χ4v) is 2.45. The molecule has 0 spiro atoms. The van der Waals surface area contributed by atoms with Crippen LogP contribution in [0.25, 0.3) is 5.57 Å². The predicted octanol–water partition coefficient (Wildman–Crippen LogP) is 2.57. The highest BCUT2D eigenvalue weighted by Gasteiger charge is 2.14. The zero-order chi connectivity index (χ0) is 17.4. The first kappa shape index (κ1) is 18.0. The Morgan fingerprint density at radius 3 is 2.92 bits per heavy atom. The number of aliphatic imine (C=N–C) groups is 2. The number of rotatable bonds is 8. The molecule has 6 nitrogen and oxygen atoms in total. The molecule has 1 aliphatic rings. The standard InChI is InChI=1S/C18H27N5O/c1-3-5-6-9-20-18(19)22-23(4-2)12-15-11-21-17-8-7-14(13-24)10-16(15)17/h7-8,10-12,24H,3-6,9,13H2,1-2H3,(H3,19,20,22)/b15-12+. The third-order valence-corrected chi connectivity index (χ3v) is 3.83. The second-order valence-corrected chi connectivity index (χ2v) is 5.72. The molecule has 0 fully saturated rings. The van der Waals surface area contributed by atoms with Gasteiger partial charge >= 0.3 is 0 Å². The number of nitrogens with two attached hydrogens (primary N) is 1. The third kappa shape index (κ3) is 4.83. The van der Waals surface area contributed by atoms with Crippen LogP contribution in [-0.2, 0) is 6.61 Å². The number of hydrazine groups is 1. The molecule has 1 heterocycles. The molecule has 2 rings (SSSR count). The summed E-state index contributed by atoms with van der Waals surface area (Å²) in [5, 5.41) is 11.2. The molecule has 6 heteroatoms. The SMILES string of the molecule is CCCCC/N=C(\N)NN(/C=C1\C=Nc2ccc(CO)cc21)CC. The van der Waals surface area contributed by atoms with E-state index in [1.54, 1.807) is 0 Å². The van der Waals surface area contributed by atoms with E-state index in [0.717, 1.165) is 41.9 Å². The van der Waals surface area contributed by atoms with Crippen LogP contribution in [0.3, 0.4) is 0 Å². The van der Waals surface area contributed by atoms with Gasteiger partial charge in [-0.15, -0.1) is 0 Å². The van der Waals surface area contributed by atoms with Crippen molar-refractivity contribution in [2.75, 3.05) is 13.1 Å². The van der Waals surface area contributed by atoms with E-state index in [-0.39, 0.29) is 6.61 Å². The van der Waals surface area contributed by atoms with E-state index in [4.69, 9.17) is 5.73 Å². The van der Waals surface area contributed by atoms with Gasteiger partial charge in [0, 0.05) is 36.6 Å². The Labute approximate surface area is 143 Å². The maximum absolute atomic E-state index is 9.31. The molecule has 0 saturated heterocycles. The van der Waals surface area contributed by atoms with Gasteiger partial charge in [0.05, 0.1) is 12.3 Å². The largest absolute Gasteiger partial charge is 0.392 e. The summed E-state index contributed by atoms with van der Waals surface area (Å²) in [6, 6.07) is 5.77. The first-order chi connectivity index (χ1) is 11.7. The summed E-state index contributed by atoms with van der Waals surface area (Å²) in [4.78, 5) is 8.74. The minimum atomic E-state index is 0.0215. The Bertz CT molecular complexity index is 636. The zero-order valence-corrected chi connectivity index (χ0v) is 14.5. The molecule has 0 amide bonds. The molecular formula is C18H27N5O. The normalized spacial score (nSPS) is 15.0. The molecule has 1 aromatic carbocycles. The van der Waals surface area contributed by atoms with Crippen LogP contribution in [-0.4, -0.2) is 35.4 Å². The Morgan fingerprint density at radius 2 is 2.21 bits per heavy atom. The van der Waals surface area contributed by atoms with Gasteiger partial charge in [-0.3, -0.25) is 20.4 Å². The molecule has 1 aromatic rings. The van der Waals surface area contributed by atoms with Crippen LogP contribution in [0.1, 0.15) is 44.2 Å². The molecule has 1 aliphatic heterocycles. The molecule has 0 unspecified atom stereocenters. The summed E-state index contributed by atoms with van der Waals surface area (Å²) < 4.78 is 0. The van der Waals surface area contributed by atoms with Crippen LogP contribution in [0, 0.1) is 0 Å². The number of nitrogens with one attached hydrogen (secondary N) is 1. The van der Waals surface area contributed by atoms with Crippen molar-refractivity contribution in [3.63, 3.8) is 0 Å². The van der Waals surface area contributed by atoms with E-state index in [0.29, 0.717) is 5.96 Å². The van der Waals surface area contributed by atoms with Gasteiger partial charge in [0.15, 0.2) is 0 Å². The molecule has 0 saturated carbocycles. The number of allylic oxidation sites excluding steroid dienone is 1. The molecule has 0 atom stereocenters. The van der Waals surface area contributed by atoms with Crippen LogP contribution in [0.4, 0.5) is 5.69 Å². The number of hydrogen-bond acceptors (Lipinski definition) is 4. The first-order valence-electron chi connectivity index (χ1n) is 8.51. The first-order valence-corrected chi connectivity index (χ1v) is 8.51. The summed E-state index contributed by atoms with van der Waals surface area (Å²) in [6.07, 6.45) is 7.18. The van der Waals surface area contributed by atoms with Crippen molar-refractivity contribution >= 4 is 23.4 Å². The lowest BCUT2D eigenvalue weighted by Gasteiger charge is -2.21. The second kappa shape index (κ2) is 9.08. The predicted molar refractivity (Wildman–Crippen MR) is 100 cm³/mol. The summed E-state index contributed by atoms with van der Waals surface area (Å²) in [7, 11) is 0. The van der Waals surface area contributed by atoms with E-state index in [1.807, 2.05) is 42.5 Å². The van der Waals surface area contributed by atoms with Gasteiger partial charge in [-0.05, 0) is 31.0 Å². The highest BCUT2D eigenvalue weighted by atomic mass is 16.3. The number of aliphatic hydroxyl groups is 1. The topological polar surface area (TPSA) is 86.2 Å². The summed E-state index contributed by atoms with van der Waals surface area (Å²) in [5.74, 6) is 0.420. The Balaban J connectivity index is 2.05. The number of aliphatic hydroxyl groups excluding tert-OH is 1. The Morgan fingerprint density at radius 1 is 1.38 bits per heavy atom. The molecule has 0 aromatic heterocycles. The molecule has 24 heavy (non-hydrogen) atoms. The summed E-state index contributed by atoms with van der Waals surface area (Å²) in [6.45, 7) is 5.70. The summed E-state index contributed by atoms with van der Waals surface area (Å²) in [5.41, 5.74) is 12.8. The number of fused-ring (bicyclic) bond motifs is 1. The minimum absolute atomic E-state index is 0.0215. The Hall–Kier alpha value is -2.34. The molecule has 0 bridgehead atoms. The van der Waals surface area contributed by atoms with Crippen LogP contribution >= 0.6 is 0 Å². The zero-order valence-electron chi connectivity index (χ0n) is 14.5. The highest BCUT2D eigenvalue weighted by Crippen LogP contribution is 2.32. The maximum atomic E-state index is 9.31. The number of hydrogen-bond donors (Lipinski definition) is 3. The maximum Gasteiger partial charge on any atom is 0.207 e. The fourth-order valence-electron chi connectivity index (χ4n) is 2.45. The van der Waals surface area contributed by atoms with Gasteiger partial charge in [-0.2, -0.15) is 0 Å². The van der Waals surface area contributed by atoms with Crippen molar-refractivity contribution in [1.29, 1.82) is 0 Å². The minimum Gasteiger partial charge on any atom is -0.392 e. The molecular weight excluding hydrogens is 302 g/mol. The van der Waals surface area contributed by atoms with Crippen molar-refractivity contribution < 1.29 is 5.11 Å². The fraction of sp³-hybridized carbons (Fsp3) is 0.444. The van der Waals surface area contributed by atoms with Gasteiger partial charge in [0.1, 0.15) is 0 Å². The van der Waals surface area contributed by atoms with Gasteiger partial charge < -0.3 is 10.8 Å². The van der Waals surface area contributed by atoms with Gasteiger partial charge in [0.2, 0.25) is 5.96 Å². The van der Waals surface area contributed by atoms with Crippen molar-refractivity contribution in [3.8, 4) is 0 Å². The lowest BCUT2D eigenvalue weighted by atomic mass is 10.1. The second-order valence-electron chi connectivity index (χ2n) is 5.72. The molecule has 4 N–H and O–H groups in total. The van der Waals surface area contributed by atoms with E-state index in [2.05, 4.69) is 22.3 Å². The Kier molecular flexibility index (Phi) is 6.81. The van der Waals surface area contributed by atoms with Crippen molar-refractivity contribution in [2.45, 2.75) is 39.7 Å². The van der Waals surface area contributed by atoms with E-state index < -0.39 is 0 Å². The smallest absolute Gasteiger partial charge is 0.207 e. The number of benzene rings is 1. The quantitative estimate of drug-likeness (QED) is 0.296. The molecule has 130 valence electrons. The van der Waals surface area contributed by atoms with Crippen LogP contribution in [0.15, 0.2) is 34.4 Å². The van der Waals surface area contributed by atoms with E-state index in [1.165, 1.54) is 12.8 Å². The third-order valence-electron chi connectivity index (χ3n) is 3.83. The van der Waals surface area contributed by atoms with Gasteiger partial charge in [-0.1, -0.05) is 25.8 Å². The van der Waals surface area contributed by atoms with Gasteiger partial charge in [-0.25, -0.2) is 0 Å². The number of unbranched alkanes of at least 4 members (excludes halogenated alkanes) is 2. The van der Waals surface area contributed by atoms with Crippen LogP contribution in [0.5, 0.6) is 0 Å². The highest BCUT2D eigenvalue weighted by molar-refractivity contribution is 6.16. The number of guanidine groups is 1. The van der Waals surface area contributed by atoms with E-state index in [9.17, 15) is 5.11 Å². The van der Waals surface area contributed by atoms with Crippen LogP contribution in [0.2, 0.25) is 0 Å². The monoisotopic (exact) mass is 329 g/mol. The average Bonchev–Trinajstić information content (AvgIpc) is 3.00. The molecule has 0 aliphatic carbocycles. The van der Waals surface area contributed by atoms with Crippen molar-refractivity contribution in [1.82, 2.24) is 10.4 Å². The van der Waals surface area contributed by atoms with Crippen molar-refractivity contribution in [2.24, 2.45) is 15.7 Å². The molecule has 0 radical (unpaired) electrons. The lowest BCUT2D eigenvalue weighted by Crippen LogP contribution is -2.43. The number of nitrogens with zero attached hydrogens (tertiary/aromatic N) is 3. The lowest BCUT2D eigenvalue weighted by molar-refractivity contribution is 0.282. The van der Waals surface area contributed by atoms with Crippen molar-refractivity contribution in [3.05, 3.63) is 35.5 Å². The summed E-state index contributed by atoms with van der Waals surface area (Å²) >= 11 is 0. The van der Waals surface area contributed by atoms with E-state index >= 15 is 0 Å². The average molecular weight is 329 g/mol. The van der Waals surface area contributed by atoms with Crippen LogP contribution < -0.4 is 11.2 Å². The van der Waals surface area contributed by atoms with Gasteiger partial charge in [0.25, 0.3) is 0 Å².